The summed E-state index contributed by atoms with van der Waals surface area (Å²) in [6.45, 7) is 5.42. The fraction of sp³-hybridized carbons (Fsp3) is 0.333. The highest BCUT2D eigenvalue weighted by Crippen LogP contribution is 2.36. The molecule has 1 unspecified atom stereocenters. The van der Waals surface area contributed by atoms with Gasteiger partial charge in [0.1, 0.15) is 5.01 Å². The number of amides is 1. The first-order valence-corrected chi connectivity index (χ1v) is 9.89. The molecule has 26 heavy (non-hydrogen) atoms. The van der Waals surface area contributed by atoms with E-state index in [-0.39, 0.29) is 11.9 Å². The fourth-order valence-corrected chi connectivity index (χ4v) is 4.84. The summed E-state index contributed by atoms with van der Waals surface area (Å²) in [4.78, 5) is 19.7. The van der Waals surface area contributed by atoms with Crippen LogP contribution < -0.4 is 5.32 Å². The molecule has 2 aromatic carbocycles. The number of nitrogens with zero attached hydrogens (tertiary/aromatic N) is 2. The van der Waals surface area contributed by atoms with Gasteiger partial charge in [-0.2, -0.15) is 0 Å². The summed E-state index contributed by atoms with van der Waals surface area (Å²) in [6, 6.07) is 14.6. The van der Waals surface area contributed by atoms with Gasteiger partial charge in [0, 0.05) is 5.69 Å². The monoisotopic (exact) mass is 365 g/mol. The number of thiazole rings is 1. The summed E-state index contributed by atoms with van der Waals surface area (Å²) in [6.07, 6.45) is 2.17. The van der Waals surface area contributed by atoms with Crippen molar-refractivity contribution in [2.75, 3.05) is 18.4 Å². The predicted octanol–water partition coefficient (Wildman–Crippen LogP) is 4.69. The average molecular weight is 366 g/mol. The second-order valence-corrected chi connectivity index (χ2v) is 8.03. The molecule has 0 aliphatic carbocycles. The number of aryl methyl sites for hydroxylation is 2. The normalized spacial score (nSPS) is 17.7. The summed E-state index contributed by atoms with van der Waals surface area (Å²) in [5.74, 6) is 0.0513. The van der Waals surface area contributed by atoms with Crippen molar-refractivity contribution >= 4 is 33.1 Å². The van der Waals surface area contributed by atoms with Crippen molar-refractivity contribution in [2.45, 2.75) is 32.7 Å². The maximum atomic E-state index is 12.7. The van der Waals surface area contributed by atoms with Crippen LogP contribution in [0.4, 0.5) is 5.69 Å². The Morgan fingerprint density at radius 3 is 2.73 bits per heavy atom. The van der Waals surface area contributed by atoms with Crippen LogP contribution in [0.25, 0.3) is 10.2 Å². The molecule has 0 saturated carbocycles. The van der Waals surface area contributed by atoms with E-state index in [1.165, 1.54) is 4.70 Å². The zero-order valence-electron chi connectivity index (χ0n) is 15.2. The molecule has 1 amide bonds. The van der Waals surface area contributed by atoms with E-state index in [0.717, 1.165) is 46.7 Å². The second kappa shape index (κ2) is 7.17. The highest BCUT2D eigenvalue weighted by molar-refractivity contribution is 7.18. The third-order valence-corrected chi connectivity index (χ3v) is 6.19. The minimum absolute atomic E-state index is 0.0513. The largest absolute Gasteiger partial charge is 0.324 e. The first-order valence-electron chi connectivity index (χ1n) is 9.07. The molecule has 4 nitrogen and oxygen atoms in total. The lowest BCUT2D eigenvalue weighted by atomic mass is 10.1. The molecule has 1 atom stereocenters. The van der Waals surface area contributed by atoms with E-state index in [0.29, 0.717) is 6.54 Å². The number of likely N-dealkylation sites (tertiary alicyclic amines) is 1. The number of hydrogen-bond donors (Lipinski definition) is 1. The quantitative estimate of drug-likeness (QED) is 0.729. The van der Waals surface area contributed by atoms with Crippen molar-refractivity contribution in [2.24, 2.45) is 0 Å². The summed E-state index contributed by atoms with van der Waals surface area (Å²) < 4.78 is 1.22. The minimum Gasteiger partial charge on any atom is -0.324 e. The Morgan fingerprint density at radius 1 is 1.19 bits per heavy atom. The van der Waals surface area contributed by atoms with Crippen molar-refractivity contribution in [3.8, 4) is 0 Å². The third-order valence-electron chi connectivity index (χ3n) is 5.05. The van der Waals surface area contributed by atoms with Crippen LogP contribution in [0.5, 0.6) is 0 Å². The van der Waals surface area contributed by atoms with Gasteiger partial charge in [-0.1, -0.05) is 30.3 Å². The molecule has 1 aliphatic rings. The van der Waals surface area contributed by atoms with Crippen LogP contribution in [0.15, 0.2) is 42.5 Å². The Labute approximate surface area is 157 Å². The van der Waals surface area contributed by atoms with Crippen molar-refractivity contribution < 1.29 is 4.79 Å². The summed E-state index contributed by atoms with van der Waals surface area (Å²) in [7, 11) is 0. The number of fused-ring (bicyclic) bond motifs is 1. The number of carbonyl (C=O) groups excluding carboxylic acids is 1. The van der Waals surface area contributed by atoms with Gasteiger partial charge in [-0.3, -0.25) is 9.69 Å². The van der Waals surface area contributed by atoms with E-state index in [2.05, 4.69) is 28.4 Å². The Bertz CT molecular complexity index is 896. The molecule has 1 saturated heterocycles. The van der Waals surface area contributed by atoms with Crippen LogP contribution in [0.3, 0.4) is 0 Å². The molecule has 1 aliphatic heterocycles. The molecule has 4 rings (SSSR count). The van der Waals surface area contributed by atoms with Crippen LogP contribution >= 0.6 is 11.3 Å². The third kappa shape index (κ3) is 3.37. The molecule has 0 radical (unpaired) electrons. The number of rotatable bonds is 4. The highest BCUT2D eigenvalue weighted by Gasteiger charge is 2.30. The Kier molecular flexibility index (Phi) is 4.74. The number of carbonyl (C=O) groups is 1. The highest BCUT2D eigenvalue weighted by atomic mass is 32.1. The van der Waals surface area contributed by atoms with Gasteiger partial charge in [0.25, 0.3) is 0 Å². The summed E-state index contributed by atoms with van der Waals surface area (Å²) in [5, 5.41) is 4.23. The van der Waals surface area contributed by atoms with Gasteiger partial charge in [-0.15, -0.1) is 11.3 Å². The number of hydrogen-bond acceptors (Lipinski definition) is 4. The molecule has 0 spiro atoms. The van der Waals surface area contributed by atoms with E-state index in [1.54, 1.807) is 11.3 Å². The van der Waals surface area contributed by atoms with E-state index in [9.17, 15) is 4.79 Å². The van der Waals surface area contributed by atoms with E-state index >= 15 is 0 Å². The average Bonchev–Trinajstić information content (AvgIpc) is 3.24. The lowest BCUT2D eigenvalue weighted by Crippen LogP contribution is -2.33. The van der Waals surface area contributed by atoms with Crippen LogP contribution in [-0.2, 0) is 4.79 Å². The maximum absolute atomic E-state index is 12.7. The number of benzene rings is 2. The van der Waals surface area contributed by atoms with Crippen molar-refractivity contribution in [3.05, 3.63) is 58.6 Å². The molecule has 1 N–H and O–H groups in total. The summed E-state index contributed by atoms with van der Waals surface area (Å²) >= 11 is 1.75. The van der Waals surface area contributed by atoms with Gasteiger partial charge in [-0.25, -0.2) is 4.98 Å². The number of aromatic nitrogens is 1. The lowest BCUT2D eigenvalue weighted by molar-refractivity contribution is -0.117. The molecule has 5 heteroatoms. The molecular weight excluding hydrogens is 342 g/mol. The number of para-hydroxylation sites is 2. The zero-order chi connectivity index (χ0) is 18.1. The van der Waals surface area contributed by atoms with Gasteiger partial charge in [0.15, 0.2) is 0 Å². The Hall–Kier alpha value is -2.24. The van der Waals surface area contributed by atoms with Crippen molar-refractivity contribution in [1.82, 2.24) is 9.88 Å². The topological polar surface area (TPSA) is 45.2 Å². The molecule has 0 bridgehead atoms. The molecule has 1 aromatic heterocycles. The SMILES string of the molecule is Cc1cccc(C)c1NC(=O)CN1CCCC1c1nc2ccccc2s1. The smallest absolute Gasteiger partial charge is 0.238 e. The van der Waals surface area contributed by atoms with E-state index < -0.39 is 0 Å². The molecule has 3 aromatic rings. The van der Waals surface area contributed by atoms with Gasteiger partial charge in [0.2, 0.25) is 5.91 Å². The Morgan fingerprint density at radius 2 is 1.96 bits per heavy atom. The standard InChI is InChI=1S/C21H23N3OS/c1-14-7-5-8-15(2)20(14)23-19(25)13-24-12-6-10-17(24)21-22-16-9-3-4-11-18(16)26-21/h3-5,7-9,11,17H,6,10,12-13H2,1-2H3,(H,23,25). The van der Waals surface area contributed by atoms with Crippen molar-refractivity contribution in [1.29, 1.82) is 0 Å². The van der Waals surface area contributed by atoms with Gasteiger partial charge >= 0.3 is 0 Å². The van der Waals surface area contributed by atoms with Gasteiger partial charge in [0.05, 0.1) is 22.8 Å². The molecular formula is C21H23N3OS. The predicted molar refractivity (Wildman–Crippen MR) is 108 cm³/mol. The van der Waals surface area contributed by atoms with Crippen LogP contribution in [0.2, 0.25) is 0 Å². The van der Waals surface area contributed by atoms with Crippen LogP contribution in [0.1, 0.15) is 35.0 Å². The Balaban J connectivity index is 1.49. The maximum Gasteiger partial charge on any atom is 0.238 e. The first kappa shape index (κ1) is 17.2. The molecule has 2 heterocycles. The molecule has 1 fully saturated rings. The molecule has 134 valence electrons. The van der Waals surface area contributed by atoms with Crippen LogP contribution in [0, 0.1) is 13.8 Å². The minimum atomic E-state index is 0.0513. The lowest BCUT2D eigenvalue weighted by Gasteiger charge is -2.22. The first-order chi connectivity index (χ1) is 12.6. The fourth-order valence-electron chi connectivity index (χ4n) is 3.70. The van der Waals surface area contributed by atoms with Gasteiger partial charge < -0.3 is 5.32 Å². The van der Waals surface area contributed by atoms with Crippen LogP contribution in [-0.4, -0.2) is 28.9 Å². The van der Waals surface area contributed by atoms with Gasteiger partial charge in [-0.05, 0) is 56.5 Å². The zero-order valence-corrected chi connectivity index (χ0v) is 16.0. The van der Waals surface area contributed by atoms with Crippen molar-refractivity contribution in [3.63, 3.8) is 0 Å². The second-order valence-electron chi connectivity index (χ2n) is 6.96. The van der Waals surface area contributed by atoms with E-state index in [1.807, 2.05) is 38.1 Å². The number of anilines is 1. The number of nitrogens with one attached hydrogen (secondary N) is 1. The summed E-state index contributed by atoms with van der Waals surface area (Å²) in [5.41, 5.74) is 4.19. The van der Waals surface area contributed by atoms with E-state index in [4.69, 9.17) is 4.98 Å².